The van der Waals surface area contributed by atoms with E-state index in [0.29, 0.717) is 34.9 Å². The summed E-state index contributed by atoms with van der Waals surface area (Å²) in [5, 5.41) is 32.0. The highest BCUT2D eigenvalue weighted by atomic mass is 35.5. The minimum absolute atomic E-state index is 0.0318. The van der Waals surface area contributed by atoms with E-state index in [-0.39, 0.29) is 24.9 Å². The van der Waals surface area contributed by atoms with Gasteiger partial charge in [0.1, 0.15) is 6.33 Å². The average molecular weight is 589 g/mol. The normalized spacial score (nSPS) is 11.5. The molecular formula is C29H29ClN8O4. The Bertz CT molecular complexity index is 1510. The Kier molecular flexibility index (Phi) is 10.6. The van der Waals surface area contributed by atoms with Crippen LogP contribution in [0, 0.1) is 0 Å². The molecule has 1 unspecified atom stereocenters. The Morgan fingerprint density at radius 1 is 1.00 bits per heavy atom. The third-order valence-electron chi connectivity index (χ3n) is 5.99. The third-order valence-corrected chi connectivity index (χ3v) is 6.23. The molecule has 216 valence electrons. The number of carboxylic acids is 1. The second kappa shape index (κ2) is 15.0. The Hall–Kier alpha value is -5.23. The molecule has 0 saturated heterocycles. The van der Waals surface area contributed by atoms with Gasteiger partial charge < -0.3 is 26.4 Å². The lowest BCUT2D eigenvalue weighted by Crippen LogP contribution is -2.40. The Morgan fingerprint density at radius 3 is 2.48 bits per heavy atom. The fraction of sp³-hybridized carbons (Fsp3) is 0.172. The minimum atomic E-state index is -0.986. The molecule has 1 aromatic heterocycles. The summed E-state index contributed by atoms with van der Waals surface area (Å²) in [5.41, 5.74) is 3.76. The quantitative estimate of drug-likeness (QED) is 0.147. The van der Waals surface area contributed by atoms with Gasteiger partial charge in [0.15, 0.2) is 0 Å². The van der Waals surface area contributed by atoms with Crippen LogP contribution in [0.1, 0.15) is 17.5 Å². The second-order valence-electron chi connectivity index (χ2n) is 9.17. The van der Waals surface area contributed by atoms with E-state index in [1.165, 1.54) is 17.1 Å². The van der Waals surface area contributed by atoms with Crippen molar-refractivity contribution < 1.29 is 19.5 Å². The van der Waals surface area contributed by atoms with Gasteiger partial charge in [-0.1, -0.05) is 41.9 Å². The van der Waals surface area contributed by atoms with Crippen LogP contribution in [-0.2, 0) is 16.0 Å². The molecule has 4 aromatic rings. The molecule has 0 bridgehead atoms. The van der Waals surface area contributed by atoms with Crippen LogP contribution in [0.15, 0.2) is 85.2 Å². The number of nitrogens with zero attached hydrogens (tertiary/aromatic N) is 4. The van der Waals surface area contributed by atoms with Gasteiger partial charge in [-0.2, -0.15) is 4.68 Å². The van der Waals surface area contributed by atoms with Gasteiger partial charge in [-0.15, -0.1) is 5.10 Å². The number of amides is 3. The number of benzene rings is 3. The number of carbonyl (C=O) groups is 3. The fourth-order valence-electron chi connectivity index (χ4n) is 4.00. The number of anilines is 2. The van der Waals surface area contributed by atoms with Gasteiger partial charge in [-0.05, 0) is 71.0 Å². The number of carboxylic acid groups (broad SMARTS) is 1. The predicted octanol–water partition coefficient (Wildman–Crippen LogP) is 3.76. The van der Waals surface area contributed by atoms with Gasteiger partial charge in [0.2, 0.25) is 5.91 Å². The van der Waals surface area contributed by atoms with Gasteiger partial charge >= 0.3 is 12.0 Å². The summed E-state index contributed by atoms with van der Waals surface area (Å²) in [5.74, 6) is -1.27. The summed E-state index contributed by atoms with van der Waals surface area (Å²) in [6.45, 7) is 0.466. The molecule has 0 spiro atoms. The number of aliphatic carboxylic acids is 1. The number of rotatable bonds is 13. The van der Waals surface area contributed by atoms with Crippen molar-refractivity contribution in [2.75, 3.05) is 23.7 Å². The molecule has 0 aliphatic carbocycles. The number of tetrazole rings is 1. The highest BCUT2D eigenvalue weighted by Crippen LogP contribution is 2.20. The molecule has 0 aliphatic rings. The Morgan fingerprint density at radius 2 is 1.76 bits per heavy atom. The molecule has 5 N–H and O–H groups in total. The number of aromatic nitrogens is 4. The highest BCUT2D eigenvalue weighted by Gasteiger charge is 2.13. The smallest absolute Gasteiger partial charge is 0.319 e. The number of carbonyl (C=O) groups excluding carboxylic acids is 2. The lowest BCUT2D eigenvalue weighted by Gasteiger charge is -2.20. The van der Waals surface area contributed by atoms with E-state index >= 15 is 0 Å². The number of halogens is 1. The van der Waals surface area contributed by atoms with E-state index in [2.05, 4.69) is 36.8 Å². The van der Waals surface area contributed by atoms with Gasteiger partial charge in [-0.25, -0.2) is 4.79 Å². The summed E-state index contributed by atoms with van der Waals surface area (Å²) >= 11 is 6.19. The number of hydrogen-bond acceptors (Lipinski definition) is 7. The topological polar surface area (TPSA) is 163 Å². The molecule has 3 amide bonds. The molecule has 0 fully saturated rings. The molecule has 0 radical (unpaired) electrons. The molecule has 4 rings (SSSR count). The molecule has 42 heavy (non-hydrogen) atoms. The van der Waals surface area contributed by atoms with Gasteiger partial charge in [0, 0.05) is 41.1 Å². The zero-order chi connectivity index (χ0) is 29.7. The van der Waals surface area contributed by atoms with Crippen molar-refractivity contribution >= 4 is 47.0 Å². The van der Waals surface area contributed by atoms with E-state index in [0.717, 1.165) is 11.3 Å². The van der Waals surface area contributed by atoms with Crippen LogP contribution >= 0.6 is 11.6 Å². The van der Waals surface area contributed by atoms with E-state index in [9.17, 15) is 14.4 Å². The third kappa shape index (κ3) is 9.45. The Balaban J connectivity index is 1.38. The number of urea groups is 1. The van der Waals surface area contributed by atoms with Crippen molar-refractivity contribution in [3.05, 3.63) is 101 Å². The predicted molar refractivity (Wildman–Crippen MR) is 159 cm³/mol. The number of hydrogen-bond donors (Lipinski definition) is 5. The monoisotopic (exact) mass is 588 g/mol. The summed E-state index contributed by atoms with van der Waals surface area (Å²) in [4.78, 5) is 35.5. The molecule has 1 heterocycles. The average Bonchev–Trinajstić information content (AvgIpc) is 3.51. The van der Waals surface area contributed by atoms with Crippen LogP contribution < -0.4 is 21.3 Å². The first-order chi connectivity index (χ1) is 20.4. The first kappa shape index (κ1) is 29.7. The minimum Gasteiger partial charge on any atom is -0.481 e. The molecule has 13 heteroatoms. The van der Waals surface area contributed by atoms with E-state index in [1.54, 1.807) is 48.5 Å². The van der Waals surface area contributed by atoms with Gasteiger partial charge in [0.05, 0.1) is 18.2 Å². The lowest BCUT2D eigenvalue weighted by atomic mass is 10.1. The SMILES string of the molecule is O=C(O)CCNC(=O)Nc1ccc(NCC(Cc2ccccc2)NC(=O)/C=C/c2cc(Cl)ccc2-n2cnnn2)cc1. The maximum atomic E-state index is 13.0. The molecule has 3 aromatic carbocycles. The standard InChI is InChI=1S/C29H29ClN8O4/c30-22-7-12-26(38-19-33-36-37-38)21(17-22)6-13-27(39)34-25(16-20-4-2-1-3-5-20)18-32-23-8-10-24(11-9-23)35-29(42)31-15-14-28(40)41/h1-13,17,19,25,32H,14-16,18H2,(H,34,39)(H,40,41)(H2,31,35,42)/b13-6+. The maximum absolute atomic E-state index is 13.0. The van der Waals surface area contributed by atoms with Crippen molar-refractivity contribution in [2.45, 2.75) is 18.9 Å². The van der Waals surface area contributed by atoms with Gasteiger partial charge in [0.25, 0.3) is 0 Å². The van der Waals surface area contributed by atoms with Crippen LogP contribution in [0.5, 0.6) is 0 Å². The van der Waals surface area contributed by atoms with Crippen LogP contribution in [0.4, 0.5) is 16.2 Å². The molecule has 0 saturated carbocycles. The first-order valence-electron chi connectivity index (χ1n) is 13.0. The molecule has 0 aliphatic heterocycles. The zero-order valence-electron chi connectivity index (χ0n) is 22.4. The van der Waals surface area contributed by atoms with E-state index < -0.39 is 12.0 Å². The van der Waals surface area contributed by atoms with Crippen molar-refractivity contribution in [2.24, 2.45) is 0 Å². The first-order valence-corrected chi connectivity index (χ1v) is 13.4. The van der Waals surface area contributed by atoms with Crippen LogP contribution in [0.2, 0.25) is 5.02 Å². The summed E-state index contributed by atoms with van der Waals surface area (Å²) < 4.78 is 1.49. The van der Waals surface area contributed by atoms with Crippen molar-refractivity contribution in [1.82, 2.24) is 30.8 Å². The highest BCUT2D eigenvalue weighted by molar-refractivity contribution is 6.30. The van der Waals surface area contributed by atoms with E-state index in [1.807, 2.05) is 30.3 Å². The summed E-state index contributed by atoms with van der Waals surface area (Å²) in [6.07, 6.45) is 5.00. The van der Waals surface area contributed by atoms with E-state index in [4.69, 9.17) is 16.7 Å². The van der Waals surface area contributed by atoms with Crippen molar-refractivity contribution in [3.63, 3.8) is 0 Å². The Labute approximate surface area is 246 Å². The van der Waals surface area contributed by atoms with Crippen LogP contribution in [0.25, 0.3) is 11.8 Å². The van der Waals surface area contributed by atoms with Crippen molar-refractivity contribution in [1.29, 1.82) is 0 Å². The fourth-order valence-corrected chi connectivity index (χ4v) is 4.18. The maximum Gasteiger partial charge on any atom is 0.319 e. The zero-order valence-corrected chi connectivity index (χ0v) is 23.2. The second-order valence-corrected chi connectivity index (χ2v) is 9.61. The summed E-state index contributed by atoms with van der Waals surface area (Å²) in [7, 11) is 0. The van der Waals surface area contributed by atoms with Crippen molar-refractivity contribution in [3.8, 4) is 5.69 Å². The summed E-state index contributed by atoms with van der Waals surface area (Å²) in [6, 6.07) is 21.4. The molecule has 1 atom stereocenters. The lowest BCUT2D eigenvalue weighted by molar-refractivity contribution is -0.136. The number of nitrogens with one attached hydrogen (secondary N) is 4. The van der Waals surface area contributed by atoms with Crippen LogP contribution in [-0.4, -0.2) is 62.4 Å². The molecule has 12 nitrogen and oxygen atoms in total. The largest absolute Gasteiger partial charge is 0.481 e. The molecular weight excluding hydrogens is 560 g/mol. The van der Waals surface area contributed by atoms with Crippen LogP contribution in [0.3, 0.4) is 0 Å². The van der Waals surface area contributed by atoms with Gasteiger partial charge in [-0.3, -0.25) is 9.59 Å².